The molecule has 2 aromatic carbocycles. The Morgan fingerprint density at radius 2 is 1.94 bits per heavy atom. The average molecular weight is 454 g/mol. The third-order valence-electron chi connectivity index (χ3n) is 4.29. The lowest BCUT2D eigenvalue weighted by molar-refractivity contribution is 0.0425. The number of carbonyl (C=O) groups excluding carboxylic acids is 1. The van der Waals surface area contributed by atoms with Gasteiger partial charge in [0.25, 0.3) is 5.89 Å². The Kier molecular flexibility index (Phi) is 6.63. The molecule has 7 nitrogen and oxygen atoms in total. The maximum atomic E-state index is 12.6. The van der Waals surface area contributed by atoms with Crippen LogP contribution in [0.25, 0.3) is 11.4 Å². The summed E-state index contributed by atoms with van der Waals surface area (Å²) >= 11 is 3.16. The van der Waals surface area contributed by atoms with Crippen LogP contribution in [0.2, 0.25) is 0 Å². The van der Waals surface area contributed by atoms with Crippen molar-refractivity contribution in [1.82, 2.24) is 15.1 Å². The quantitative estimate of drug-likeness (QED) is 0.267. The highest BCUT2D eigenvalue weighted by atomic mass is 32.2. The second-order valence-corrected chi connectivity index (χ2v) is 8.54. The summed E-state index contributed by atoms with van der Waals surface area (Å²) < 4.78 is 15.8. The van der Waals surface area contributed by atoms with Gasteiger partial charge in [-0.1, -0.05) is 17.3 Å². The van der Waals surface area contributed by atoms with Gasteiger partial charge in [0.05, 0.1) is 23.4 Å². The molecule has 0 radical (unpaired) electrons. The zero-order valence-corrected chi connectivity index (χ0v) is 18.5. The summed E-state index contributed by atoms with van der Waals surface area (Å²) in [5.41, 5.74) is 2.27. The number of methoxy groups -OCH3 is 1. The molecule has 2 aromatic heterocycles. The summed E-state index contributed by atoms with van der Waals surface area (Å²) in [5.74, 6) is 1.62. The molecule has 0 atom stereocenters. The standard InChI is InChI=1S/C22H19N3O4S2/c1-14-23-16(12-30-14)13-31-19-6-4-3-5-18(19)22(26)28-11-20-24-21(25-29-20)15-7-9-17(27-2)10-8-15/h3-10,12H,11,13H2,1-2H3. The number of thioether (sulfide) groups is 1. The summed E-state index contributed by atoms with van der Waals surface area (Å²) in [4.78, 5) is 22.2. The van der Waals surface area contributed by atoms with Gasteiger partial charge in [-0.2, -0.15) is 4.98 Å². The van der Waals surface area contributed by atoms with Crippen LogP contribution in [0, 0.1) is 6.92 Å². The fourth-order valence-corrected chi connectivity index (χ4v) is 4.41. The Balaban J connectivity index is 1.38. The van der Waals surface area contributed by atoms with Gasteiger partial charge in [-0.25, -0.2) is 9.78 Å². The Bertz CT molecular complexity index is 1170. The normalized spacial score (nSPS) is 10.8. The number of esters is 1. The van der Waals surface area contributed by atoms with E-state index in [1.807, 2.05) is 54.8 Å². The summed E-state index contributed by atoms with van der Waals surface area (Å²) in [7, 11) is 1.60. The van der Waals surface area contributed by atoms with Crippen molar-refractivity contribution in [2.45, 2.75) is 24.2 Å². The maximum absolute atomic E-state index is 12.6. The van der Waals surface area contributed by atoms with Crippen LogP contribution in [0.1, 0.15) is 27.0 Å². The molecule has 0 N–H and O–H groups in total. The molecule has 2 heterocycles. The second kappa shape index (κ2) is 9.76. The monoisotopic (exact) mass is 453 g/mol. The zero-order chi connectivity index (χ0) is 21.6. The van der Waals surface area contributed by atoms with E-state index in [4.69, 9.17) is 14.0 Å². The number of aryl methyl sites for hydroxylation is 1. The van der Waals surface area contributed by atoms with Crippen molar-refractivity contribution in [3.05, 3.63) is 76.1 Å². The van der Waals surface area contributed by atoms with Crippen LogP contribution in [0.4, 0.5) is 0 Å². The second-order valence-electron chi connectivity index (χ2n) is 6.46. The van der Waals surface area contributed by atoms with Gasteiger partial charge in [0, 0.05) is 21.6 Å². The Labute approximate surface area is 187 Å². The van der Waals surface area contributed by atoms with Crippen LogP contribution in [0.5, 0.6) is 5.75 Å². The Morgan fingerprint density at radius 1 is 1.13 bits per heavy atom. The summed E-state index contributed by atoms with van der Waals surface area (Å²) in [6.45, 7) is 1.87. The van der Waals surface area contributed by atoms with Gasteiger partial charge in [-0.3, -0.25) is 0 Å². The fourth-order valence-electron chi connectivity index (χ4n) is 2.76. The molecule has 0 aliphatic rings. The van der Waals surface area contributed by atoms with Crippen LogP contribution >= 0.6 is 23.1 Å². The molecule has 4 aromatic rings. The summed E-state index contributed by atoms with van der Waals surface area (Å²) in [5, 5.41) is 7.00. The minimum absolute atomic E-state index is 0.105. The predicted octanol–water partition coefficient (Wildman–Crippen LogP) is 5.16. The molecular formula is C22H19N3O4S2. The Morgan fingerprint density at radius 3 is 2.68 bits per heavy atom. The number of ether oxygens (including phenoxy) is 2. The van der Waals surface area contributed by atoms with Gasteiger partial charge < -0.3 is 14.0 Å². The molecule has 0 saturated carbocycles. The average Bonchev–Trinajstić information content (AvgIpc) is 3.45. The largest absolute Gasteiger partial charge is 0.497 e. The molecule has 0 saturated heterocycles. The van der Waals surface area contributed by atoms with E-state index in [1.54, 1.807) is 36.3 Å². The predicted molar refractivity (Wildman–Crippen MR) is 118 cm³/mol. The van der Waals surface area contributed by atoms with Crippen molar-refractivity contribution in [3.8, 4) is 17.1 Å². The van der Waals surface area contributed by atoms with Gasteiger partial charge >= 0.3 is 5.97 Å². The van der Waals surface area contributed by atoms with E-state index < -0.39 is 5.97 Å². The third-order valence-corrected chi connectivity index (χ3v) is 6.22. The number of thiazole rings is 1. The molecule has 0 bridgehead atoms. The van der Waals surface area contributed by atoms with E-state index in [-0.39, 0.29) is 12.5 Å². The minimum Gasteiger partial charge on any atom is -0.497 e. The van der Waals surface area contributed by atoms with Crippen molar-refractivity contribution >= 4 is 29.1 Å². The number of nitrogens with zero attached hydrogens (tertiary/aromatic N) is 3. The first-order valence-corrected chi connectivity index (χ1v) is 11.3. The minimum atomic E-state index is -0.443. The van der Waals surface area contributed by atoms with E-state index >= 15 is 0 Å². The van der Waals surface area contributed by atoms with E-state index in [2.05, 4.69) is 15.1 Å². The zero-order valence-electron chi connectivity index (χ0n) is 16.9. The van der Waals surface area contributed by atoms with Crippen molar-refractivity contribution in [2.24, 2.45) is 0 Å². The first-order chi connectivity index (χ1) is 15.1. The molecule has 4 rings (SSSR count). The fraction of sp³-hybridized carbons (Fsp3) is 0.182. The van der Waals surface area contributed by atoms with Gasteiger partial charge in [-0.05, 0) is 43.3 Å². The lowest BCUT2D eigenvalue weighted by atomic mass is 10.2. The summed E-state index contributed by atoms with van der Waals surface area (Å²) in [6.07, 6.45) is 0. The highest BCUT2D eigenvalue weighted by Crippen LogP contribution is 2.27. The highest BCUT2D eigenvalue weighted by Gasteiger charge is 2.16. The van der Waals surface area contributed by atoms with E-state index in [0.29, 0.717) is 17.1 Å². The van der Waals surface area contributed by atoms with Crippen LogP contribution in [0.15, 0.2) is 63.3 Å². The topological polar surface area (TPSA) is 87.3 Å². The van der Waals surface area contributed by atoms with Gasteiger partial charge in [-0.15, -0.1) is 23.1 Å². The van der Waals surface area contributed by atoms with Crippen molar-refractivity contribution in [3.63, 3.8) is 0 Å². The van der Waals surface area contributed by atoms with Gasteiger partial charge in [0.15, 0.2) is 6.61 Å². The lowest BCUT2D eigenvalue weighted by Gasteiger charge is -2.07. The first-order valence-electron chi connectivity index (χ1n) is 9.39. The number of aromatic nitrogens is 3. The molecule has 0 aliphatic carbocycles. The highest BCUT2D eigenvalue weighted by molar-refractivity contribution is 7.98. The van der Waals surface area contributed by atoms with E-state index in [9.17, 15) is 4.79 Å². The van der Waals surface area contributed by atoms with E-state index in [1.165, 1.54) is 0 Å². The molecule has 9 heteroatoms. The third kappa shape index (κ3) is 5.31. The number of carbonyl (C=O) groups is 1. The van der Waals surface area contributed by atoms with Gasteiger partial charge in [0.1, 0.15) is 5.75 Å². The van der Waals surface area contributed by atoms with Crippen LogP contribution in [0.3, 0.4) is 0 Å². The SMILES string of the molecule is COc1ccc(-c2noc(COC(=O)c3ccccc3SCc3csc(C)n3)n2)cc1. The van der Waals surface area contributed by atoms with Crippen LogP contribution < -0.4 is 4.74 Å². The Hall–Kier alpha value is -3.17. The number of benzene rings is 2. The summed E-state index contributed by atoms with van der Waals surface area (Å²) in [6, 6.07) is 14.6. The molecule has 31 heavy (non-hydrogen) atoms. The first kappa shape index (κ1) is 21.1. The number of hydrogen-bond acceptors (Lipinski definition) is 9. The van der Waals surface area contributed by atoms with Crippen molar-refractivity contribution in [1.29, 1.82) is 0 Å². The van der Waals surface area contributed by atoms with Crippen molar-refractivity contribution in [2.75, 3.05) is 7.11 Å². The molecule has 158 valence electrons. The number of rotatable bonds is 8. The maximum Gasteiger partial charge on any atom is 0.339 e. The van der Waals surface area contributed by atoms with Crippen molar-refractivity contribution < 1.29 is 18.8 Å². The van der Waals surface area contributed by atoms with E-state index in [0.717, 1.165) is 26.9 Å². The smallest absolute Gasteiger partial charge is 0.339 e. The molecule has 0 aliphatic heterocycles. The molecule has 0 amide bonds. The number of hydrogen-bond donors (Lipinski definition) is 0. The van der Waals surface area contributed by atoms with Gasteiger partial charge in [0.2, 0.25) is 5.82 Å². The molecule has 0 unspecified atom stereocenters. The molecule has 0 spiro atoms. The lowest BCUT2D eigenvalue weighted by Crippen LogP contribution is -2.07. The van der Waals surface area contributed by atoms with Crippen LogP contribution in [-0.2, 0) is 17.1 Å². The molecular weight excluding hydrogens is 434 g/mol. The molecule has 0 fully saturated rings. The van der Waals surface area contributed by atoms with Crippen LogP contribution in [-0.4, -0.2) is 28.2 Å².